The number of hydrazone groups is 1. The quantitative estimate of drug-likeness (QED) is 0.607. The van der Waals surface area contributed by atoms with Gasteiger partial charge in [-0.3, -0.25) is 0 Å². The maximum Gasteiger partial charge on any atom is 0.0545 e. The molecule has 4 aliphatic carbocycles. The fourth-order valence-corrected chi connectivity index (χ4v) is 2.77. The van der Waals surface area contributed by atoms with Crippen LogP contribution < -0.4 is 0 Å². The van der Waals surface area contributed by atoms with Crippen LogP contribution in [-0.4, -0.2) is 25.3 Å². The second-order valence-corrected chi connectivity index (χ2v) is 5.94. The number of benzene rings is 2. The second kappa shape index (κ2) is 6.13. The van der Waals surface area contributed by atoms with Gasteiger partial charge in [0.05, 0.1) is 6.21 Å². The SMILES string of the molecule is CN(C)/N=C/c1cc2ccc1CCc1ccc(cc1)CC2. The maximum atomic E-state index is 4.42. The highest BCUT2D eigenvalue weighted by Crippen LogP contribution is 2.18. The van der Waals surface area contributed by atoms with Crippen LogP contribution in [-0.2, 0) is 25.7 Å². The van der Waals surface area contributed by atoms with Crippen molar-refractivity contribution in [1.82, 2.24) is 5.01 Å². The van der Waals surface area contributed by atoms with E-state index < -0.39 is 0 Å². The standard InChI is InChI=1S/C19H22N2/c1-21(2)20-14-19-13-17-8-7-15-3-5-16(6-4-15)9-11-18(19)12-10-17/h3-6,10,12-14H,7-9,11H2,1-2H3/b20-14+. The minimum Gasteiger partial charge on any atom is -0.303 e. The Labute approximate surface area is 127 Å². The minimum atomic E-state index is 1.06. The number of hydrogen-bond acceptors (Lipinski definition) is 2. The monoisotopic (exact) mass is 278 g/mol. The van der Waals surface area contributed by atoms with Crippen LogP contribution in [0.15, 0.2) is 47.6 Å². The van der Waals surface area contributed by atoms with Crippen LogP contribution in [0.25, 0.3) is 0 Å². The average Bonchev–Trinajstić information content (AvgIpc) is 2.48. The normalized spacial score (nSPS) is 14.2. The van der Waals surface area contributed by atoms with Gasteiger partial charge in [-0.25, -0.2) is 0 Å². The fraction of sp³-hybridized carbons (Fsp3) is 0.316. The van der Waals surface area contributed by atoms with Crippen molar-refractivity contribution in [2.45, 2.75) is 25.7 Å². The Morgan fingerprint density at radius 2 is 1.38 bits per heavy atom. The molecule has 0 saturated heterocycles. The van der Waals surface area contributed by atoms with Crippen molar-refractivity contribution in [3.63, 3.8) is 0 Å². The highest BCUT2D eigenvalue weighted by atomic mass is 15.4. The van der Waals surface area contributed by atoms with Crippen LogP contribution in [0.4, 0.5) is 0 Å². The van der Waals surface area contributed by atoms with Crippen molar-refractivity contribution in [3.8, 4) is 0 Å². The zero-order valence-electron chi connectivity index (χ0n) is 12.8. The molecule has 0 heterocycles. The Kier molecular flexibility index (Phi) is 4.05. The van der Waals surface area contributed by atoms with Crippen molar-refractivity contribution < 1.29 is 0 Å². The van der Waals surface area contributed by atoms with Gasteiger partial charge in [0.25, 0.3) is 0 Å². The van der Waals surface area contributed by atoms with Crippen LogP contribution in [0, 0.1) is 0 Å². The lowest BCUT2D eigenvalue weighted by Gasteiger charge is -2.12. The van der Waals surface area contributed by atoms with Crippen molar-refractivity contribution >= 4 is 6.21 Å². The third-order valence-electron chi connectivity index (χ3n) is 4.05. The van der Waals surface area contributed by atoms with Crippen LogP contribution in [0.3, 0.4) is 0 Å². The zero-order valence-corrected chi connectivity index (χ0v) is 12.8. The van der Waals surface area contributed by atoms with E-state index in [-0.39, 0.29) is 0 Å². The molecular formula is C19H22N2. The first-order chi connectivity index (χ1) is 10.2. The van der Waals surface area contributed by atoms with Crippen LogP contribution in [0.1, 0.15) is 27.8 Å². The third kappa shape index (κ3) is 3.52. The molecule has 0 aromatic heterocycles. The summed E-state index contributed by atoms with van der Waals surface area (Å²) in [6.45, 7) is 0. The molecule has 108 valence electrons. The van der Waals surface area contributed by atoms with E-state index in [2.05, 4.69) is 47.6 Å². The number of nitrogens with zero attached hydrogens (tertiary/aromatic N) is 2. The largest absolute Gasteiger partial charge is 0.303 e. The summed E-state index contributed by atoms with van der Waals surface area (Å²) in [6.07, 6.45) is 6.33. The molecule has 0 amide bonds. The number of hydrogen-bond donors (Lipinski definition) is 0. The van der Waals surface area contributed by atoms with E-state index in [0.29, 0.717) is 0 Å². The molecule has 0 spiro atoms. The van der Waals surface area contributed by atoms with Crippen molar-refractivity contribution in [3.05, 3.63) is 70.3 Å². The Morgan fingerprint density at radius 3 is 2.05 bits per heavy atom. The van der Waals surface area contributed by atoms with E-state index in [1.165, 1.54) is 27.8 Å². The Balaban J connectivity index is 1.95. The molecule has 2 aromatic carbocycles. The van der Waals surface area contributed by atoms with Crippen molar-refractivity contribution in [2.24, 2.45) is 5.10 Å². The Bertz CT molecular complexity index is 639. The van der Waals surface area contributed by atoms with Crippen molar-refractivity contribution in [1.29, 1.82) is 0 Å². The first-order valence-corrected chi connectivity index (χ1v) is 7.61. The molecule has 6 rings (SSSR count). The Hall–Kier alpha value is -2.09. The first-order valence-electron chi connectivity index (χ1n) is 7.61. The fourth-order valence-electron chi connectivity index (χ4n) is 2.77. The molecule has 21 heavy (non-hydrogen) atoms. The topological polar surface area (TPSA) is 15.6 Å². The minimum absolute atomic E-state index is 1.06. The van der Waals surface area contributed by atoms with Gasteiger partial charge in [-0.05, 0) is 59.6 Å². The summed E-state index contributed by atoms with van der Waals surface area (Å²) < 4.78 is 0. The molecule has 4 bridgehead atoms. The summed E-state index contributed by atoms with van der Waals surface area (Å²) in [4.78, 5) is 0. The molecule has 0 fully saturated rings. The van der Waals surface area contributed by atoms with E-state index in [0.717, 1.165) is 25.7 Å². The van der Waals surface area contributed by atoms with E-state index in [1.807, 2.05) is 25.3 Å². The molecule has 2 nitrogen and oxygen atoms in total. The average molecular weight is 278 g/mol. The van der Waals surface area contributed by atoms with Gasteiger partial charge in [0.2, 0.25) is 0 Å². The molecule has 0 unspecified atom stereocenters. The summed E-state index contributed by atoms with van der Waals surface area (Å²) in [5, 5.41) is 6.26. The zero-order chi connectivity index (χ0) is 14.7. The first kappa shape index (κ1) is 13.9. The molecule has 0 aliphatic heterocycles. The summed E-state index contributed by atoms with van der Waals surface area (Å²) >= 11 is 0. The maximum absolute atomic E-state index is 4.42. The molecule has 4 aliphatic rings. The van der Waals surface area contributed by atoms with Gasteiger partial charge in [-0.2, -0.15) is 5.10 Å². The molecule has 0 saturated carbocycles. The predicted molar refractivity (Wildman–Crippen MR) is 89.0 cm³/mol. The predicted octanol–water partition coefficient (Wildman–Crippen LogP) is 3.47. The van der Waals surface area contributed by atoms with E-state index in [1.54, 1.807) is 0 Å². The second-order valence-electron chi connectivity index (χ2n) is 5.94. The third-order valence-corrected chi connectivity index (χ3v) is 4.05. The van der Waals surface area contributed by atoms with Crippen LogP contribution >= 0.6 is 0 Å². The molecule has 2 aromatic rings. The highest BCUT2D eigenvalue weighted by molar-refractivity contribution is 5.82. The van der Waals surface area contributed by atoms with Gasteiger partial charge in [0, 0.05) is 14.1 Å². The van der Waals surface area contributed by atoms with Gasteiger partial charge in [0.15, 0.2) is 0 Å². The Morgan fingerprint density at radius 1 is 0.810 bits per heavy atom. The molecule has 0 atom stereocenters. The van der Waals surface area contributed by atoms with Crippen molar-refractivity contribution in [2.75, 3.05) is 14.1 Å². The van der Waals surface area contributed by atoms with E-state index in [4.69, 9.17) is 0 Å². The summed E-state index contributed by atoms with van der Waals surface area (Å²) in [5.41, 5.74) is 6.87. The van der Waals surface area contributed by atoms with Gasteiger partial charge in [-0.15, -0.1) is 0 Å². The lowest BCUT2D eigenvalue weighted by atomic mass is 9.94. The number of aryl methyl sites for hydroxylation is 4. The lowest BCUT2D eigenvalue weighted by Crippen LogP contribution is -2.05. The van der Waals surface area contributed by atoms with E-state index >= 15 is 0 Å². The van der Waals surface area contributed by atoms with Crippen LogP contribution in [0.2, 0.25) is 0 Å². The van der Waals surface area contributed by atoms with Gasteiger partial charge < -0.3 is 5.01 Å². The summed E-state index contributed by atoms with van der Waals surface area (Å²) in [7, 11) is 3.92. The van der Waals surface area contributed by atoms with Gasteiger partial charge >= 0.3 is 0 Å². The highest BCUT2D eigenvalue weighted by Gasteiger charge is 2.06. The lowest BCUT2D eigenvalue weighted by molar-refractivity contribution is 0.440. The van der Waals surface area contributed by atoms with Gasteiger partial charge in [0.1, 0.15) is 0 Å². The molecule has 2 heteroatoms. The van der Waals surface area contributed by atoms with Gasteiger partial charge in [-0.1, -0.05) is 36.4 Å². The molecule has 0 N–H and O–H groups in total. The van der Waals surface area contributed by atoms with E-state index in [9.17, 15) is 0 Å². The summed E-state index contributed by atoms with van der Waals surface area (Å²) in [6, 6.07) is 16.0. The number of rotatable bonds is 2. The molecule has 0 radical (unpaired) electrons. The molecular weight excluding hydrogens is 256 g/mol. The summed E-state index contributed by atoms with van der Waals surface area (Å²) in [5.74, 6) is 0. The van der Waals surface area contributed by atoms with Crippen LogP contribution in [0.5, 0.6) is 0 Å². The smallest absolute Gasteiger partial charge is 0.0545 e.